The highest BCUT2D eigenvalue weighted by Gasteiger charge is 2.23. The van der Waals surface area contributed by atoms with Crippen molar-refractivity contribution in [1.82, 2.24) is 0 Å². The SMILES string of the molecule is Cc1ccccc1N(c1ccccc1)c1ccc2cc3c(cc2c1)oc1c(C(C)C)c2c(cc13)oc1cc3cc(N(c4ccccc4)c4ccccc4C)ccc3cc12. The number of benzene rings is 9. The first-order chi connectivity index (χ1) is 28.9. The van der Waals surface area contributed by atoms with E-state index in [1.54, 1.807) is 0 Å². The van der Waals surface area contributed by atoms with Crippen LogP contribution in [0.1, 0.15) is 36.5 Å². The predicted octanol–water partition coefficient (Wildman–Crippen LogP) is 16.5. The van der Waals surface area contributed by atoms with Gasteiger partial charge in [-0.25, -0.2) is 0 Å². The van der Waals surface area contributed by atoms with Crippen LogP contribution >= 0.6 is 0 Å². The maximum atomic E-state index is 6.93. The minimum atomic E-state index is 0.198. The molecule has 11 rings (SSSR count). The Morgan fingerprint density at radius 1 is 0.390 bits per heavy atom. The van der Waals surface area contributed by atoms with E-state index in [-0.39, 0.29) is 5.92 Å². The van der Waals surface area contributed by atoms with Crippen molar-refractivity contribution < 1.29 is 8.83 Å². The van der Waals surface area contributed by atoms with Gasteiger partial charge in [-0.2, -0.15) is 0 Å². The minimum Gasteiger partial charge on any atom is -0.456 e. The van der Waals surface area contributed by atoms with E-state index in [0.29, 0.717) is 0 Å². The summed E-state index contributed by atoms with van der Waals surface area (Å²) in [5, 5.41) is 8.99. The standard InChI is InChI=1S/C55H42N2O2/c1-34(2)53-54-47-30-38-24-26-44(57(42-19-9-6-10-20-42)49-22-14-12-16-36(49)4)28-40(38)32-51(47)58-52(54)33-46-45-29-37-23-25-43(27-39(37)31-50(45)59-55(46)53)56(41-17-7-5-8-18-41)48-21-13-11-15-35(48)3/h5-34H,1-4H3. The lowest BCUT2D eigenvalue weighted by Gasteiger charge is -2.27. The van der Waals surface area contributed by atoms with E-state index >= 15 is 0 Å². The zero-order chi connectivity index (χ0) is 39.8. The molecule has 0 aliphatic rings. The second-order valence-corrected chi connectivity index (χ2v) is 16.1. The molecule has 0 aliphatic heterocycles. The molecular weight excluding hydrogens is 721 g/mol. The van der Waals surface area contributed by atoms with Crippen molar-refractivity contribution in [3.63, 3.8) is 0 Å². The minimum absolute atomic E-state index is 0.198. The first kappa shape index (κ1) is 34.9. The summed E-state index contributed by atoms with van der Waals surface area (Å²) in [6, 6.07) is 63.0. The summed E-state index contributed by atoms with van der Waals surface area (Å²) >= 11 is 0. The van der Waals surface area contributed by atoms with Crippen LogP contribution in [0.3, 0.4) is 0 Å². The normalized spacial score (nSPS) is 11.9. The number of anilines is 6. The van der Waals surface area contributed by atoms with Crippen LogP contribution in [0.5, 0.6) is 0 Å². The van der Waals surface area contributed by atoms with E-state index in [9.17, 15) is 0 Å². The number of nitrogens with zero attached hydrogens (tertiary/aromatic N) is 2. The molecular formula is C55H42N2O2. The first-order valence-electron chi connectivity index (χ1n) is 20.4. The van der Waals surface area contributed by atoms with Gasteiger partial charge in [-0.15, -0.1) is 0 Å². The lowest BCUT2D eigenvalue weighted by atomic mass is 9.93. The summed E-state index contributed by atoms with van der Waals surface area (Å²) < 4.78 is 13.8. The number of rotatable bonds is 7. The van der Waals surface area contributed by atoms with Gasteiger partial charge in [0.2, 0.25) is 0 Å². The van der Waals surface area contributed by atoms with Gasteiger partial charge in [0.1, 0.15) is 22.3 Å². The van der Waals surface area contributed by atoms with Crippen molar-refractivity contribution in [3.05, 3.63) is 193 Å². The summed E-state index contributed by atoms with van der Waals surface area (Å²) in [6.45, 7) is 8.84. The van der Waals surface area contributed by atoms with Gasteiger partial charge in [0.15, 0.2) is 0 Å². The van der Waals surface area contributed by atoms with E-state index in [0.717, 1.165) is 94.2 Å². The Morgan fingerprint density at radius 2 is 0.881 bits per heavy atom. The summed E-state index contributed by atoms with van der Waals surface area (Å²) in [4.78, 5) is 4.67. The van der Waals surface area contributed by atoms with Gasteiger partial charge in [0.25, 0.3) is 0 Å². The van der Waals surface area contributed by atoms with Crippen LogP contribution in [0, 0.1) is 13.8 Å². The highest BCUT2D eigenvalue weighted by atomic mass is 16.3. The molecule has 2 heterocycles. The second-order valence-electron chi connectivity index (χ2n) is 16.1. The monoisotopic (exact) mass is 762 g/mol. The van der Waals surface area contributed by atoms with Crippen molar-refractivity contribution in [2.24, 2.45) is 0 Å². The Labute approximate surface area is 343 Å². The zero-order valence-corrected chi connectivity index (χ0v) is 33.5. The second kappa shape index (κ2) is 13.7. The summed E-state index contributed by atoms with van der Waals surface area (Å²) in [5.41, 5.74) is 13.9. The lowest BCUT2D eigenvalue weighted by Crippen LogP contribution is -2.11. The van der Waals surface area contributed by atoms with Crippen LogP contribution in [-0.4, -0.2) is 0 Å². The maximum absolute atomic E-state index is 6.93. The van der Waals surface area contributed by atoms with Crippen molar-refractivity contribution in [2.45, 2.75) is 33.6 Å². The molecule has 2 aromatic heterocycles. The molecule has 4 heteroatoms. The van der Waals surface area contributed by atoms with E-state index in [1.807, 2.05) is 0 Å². The molecule has 0 atom stereocenters. The first-order valence-corrected chi connectivity index (χ1v) is 20.4. The van der Waals surface area contributed by atoms with Crippen LogP contribution in [0.4, 0.5) is 34.1 Å². The molecule has 0 bridgehead atoms. The van der Waals surface area contributed by atoms with Crippen molar-refractivity contribution in [3.8, 4) is 0 Å². The van der Waals surface area contributed by atoms with Gasteiger partial charge in [0, 0.05) is 61.2 Å². The maximum Gasteiger partial charge on any atom is 0.139 e. The third-order valence-corrected chi connectivity index (χ3v) is 12.0. The fourth-order valence-corrected chi connectivity index (χ4v) is 9.13. The molecule has 0 aliphatic carbocycles. The molecule has 0 spiro atoms. The van der Waals surface area contributed by atoms with Crippen LogP contribution in [0.2, 0.25) is 0 Å². The highest BCUT2D eigenvalue weighted by Crippen LogP contribution is 2.46. The molecule has 0 N–H and O–H groups in total. The third kappa shape index (κ3) is 5.74. The highest BCUT2D eigenvalue weighted by molar-refractivity contribution is 6.20. The molecule has 9 aromatic carbocycles. The van der Waals surface area contributed by atoms with E-state index in [2.05, 4.69) is 213 Å². The third-order valence-electron chi connectivity index (χ3n) is 12.0. The molecule has 11 aromatic rings. The Balaban J connectivity index is 1.06. The predicted molar refractivity (Wildman–Crippen MR) is 249 cm³/mol. The van der Waals surface area contributed by atoms with E-state index in [4.69, 9.17) is 8.83 Å². The van der Waals surface area contributed by atoms with Gasteiger partial charge in [-0.05, 0) is 143 Å². The summed E-state index contributed by atoms with van der Waals surface area (Å²) in [6.07, 6.45) is 0. The number of hydrogen-bond acceptors (Lipinski definition) is 4. The fraction of sp³-hybridized carbons (Fsp3) is 0.0909. The number of hydrogen-bond donors (Lipinski definition) is 0. The molecule has 0 saturated carbocycles. The van der Waals surface area contributed by atoms with Crippen LogP contribution in [0.15, 0.2) is 185 Å². The van der Waals surface area contributed by atoms with Gasteiger partial charge in [0.05, 0.1) is 0 Å². The Kier molecular flexibility index (Phi) is 8.09. The molecule has 59 heavy (non-hydrogen) atoms. The number of furan rings is 2. The average Bonchev–Trinajstić information content (AvgIpc) is 3.79. The summed E-state index contributed by atoms with van der Waals surface area (Å²) in [7, 11) is 0. The van der Waals surface area contributed by atoms with E-state index < -0.39 is 0 Å². The number of aryl methyl sites for hydroxylation is 2. The summed E-state index contributed by atoms with van der Waals surface area (Å²) in [5.74, 6) is 0.198. The van der Waals surface area contributed by atoms with Crippen molar-refractivity contribution >= 4 is 99.5 Å². The van der Waals surface area contributed by atoms with Gasteiger partial charge in [-0.1, -0.05) is 98.8 Å². The van der Waals surface area contributed by atoms with Crippen LogP contribution < -0.4 is 9.80 Å². The molecule has 0 unspecified atom stereocenters. The van der Waals surface area contributed by atoms with Gasteiger partial charge in [-0.3, -0.25) is 0 Å². The Morgan fingerprint density at radius 3 is 1.41 bits per heavy atom. The van der Waals surface area contributed by atoms with Crippen molar-refractivity contribution in [2.75, 3.05) is 9.80 Å². The lowest BCUT2D eigenvalue weighted by molar-refractivity contribution is 0.655. The topological polar surface area (TPSA) is 32.8 Å². The van der Waals surface area contributed by atoms with Crippen LogP contribution in [0.25, 0.3) is 65.4 Å². The van der Waals surface area contributed by atoms with Gasteiger partial charge >= 0.3 is 0 Å². The molecule has 4 nitrogen and oxygen atoms in total. The average molecular weight is 763 g/mol. The molecule has 284 valence electrons. The van der Waals surface area contributed by atoms with Crippen molar-refractivity contribution in [1.29, 1.82) is 0 Å². The zero-order valence-electron chi connectivity index (χ0n) is 33.5. The van der Waals surface area contributed by atoms with E-state index in [1.165, 1.54) is 22.1 Å². The molecule has 0 saturated heterocycles. The Bertz CT molecular complexity index is 3290. The molecule has 0 radical (unpaired) electrons. The van der Waals surface area contributed by atoms with Crippen LogP contribution in [-0.2, 0) is 0 Å². The smallest absolute Gasteiger partial charge is 0.139 e. The number of para-hydroxylation sites is 4. The van der Waals surface area contributed by atoms with Gasteiger partial charge < -0.3 is 18.6 Å². The fourth-order valence-electron chi connectivity index (χ4n) is 9.13. The Hall–Kier alpha value is -7.30. The largest absolute Gasteiger partial charge is 0.456 e. The number of fused-ring (bicyclic) bond motifs is 8. The molecule has 0 amide bonds. The molecule has 0 fully saturated rings. The quantitative estimate of drug-likeness (QED) is 0.162.